The summed E-state index contributed by atoms with van der Waals surface area (Å²) in [7, 11) is -3.87. The van der Waals surface area contributed by atoms with E-state index >= 15 is 0 Å². The Labute approximate surface area is 245 Å². The number of hydrogen-bond acceptors (Lipinski definition) is 4. The Balaban J connectivity index is 1.89. The fourth-order valence-corrected chi connectivity index (χ4v) is 5.54. The molecule has 41 heavy (non-hydrogen) atoms. The predicted octanol–water partition coefficient (Wildman–Crippen LogP) is 5.33. The molecule has 3 aromatic rings. The maximum atomic E-state index is 13.9. The minimum absolute atomic E-state index is 0.0509. The van der Waals surface area contributed by atoms with Crippen LogP contribution in [0, 0.1) is 11.6 Å². The topological polar surface area (TPSA) is 86.8 Å². The number of hydrogen-bond donors (Lipinski definition) is 1. The van der Waals surface area contributed by atoms with Gasteiger partial charge in [-0.15, -0.1) is 0 Å². The van der Waals surface area contributed by atoms with E-state index < -0.39 is 27.7 Å². The lowest BCUT2D eigenvalue weighted by Crippen LogP contribution is -2.51. The number of anilines is 1. The number of amides is 2. The van der Waals surface area contributed by atoms with Gasteiger partial charge in [-0.25, -0.2) is 17.2 Å². The van der Waals surface area contributed by atoms with E-state index in [9.17, 15) is 26.8 Å². The first-order valence-corrected chi connectivity index (χ1v) is 15.4. The molecule has 0 heterocycles. The third-order valence-corrected chi connectivity index (χ3v) is 7.91. The van der Waals surface area contributed by atoms with Gasteiger partial charge in [0.15, 0.2) is 11.6 Å². The monoisotopic (exact) mass is 605 g/mol. The number of benzene rings is 3. The second kappa shape index (κ2) is 14.4. The maximum Gasteiger partial charge on any atom is 0.243 e. The van der Waals surface area contributed by atoms with Crippen LogP contribution in [0.5, 0.6) is 0 Å². The summed E-state index contributed by atoms with van der Waals surface area (Å²) < 4.78 is 53.2. The highest BCUT2D eigenvalue weighted by atomic mass is 35.5. The molecule has 0 radical (unpaired) electrons. The van der Waals surface area contributed by atoms with E-state index in [1.807, 2.05) is 44.2 Å². The first kappa shape index (κ1) is 32.0. The summed E-state index contributed by atoms with van der Waals surface area (Å²) in [5.74, 6) is -3.00. The Bertz CT molecular complexity index is 1460. The molecule has 220 valence electrons. The second-order valence-electron chi connectivity index (χ2n) is 10.0. The van der Waals surface area contributed by atoms with E-state index in [4.69, 9.17) is 11.6 Å². The highest BCUT2D eigenvalue weighted by Crippen LogP contribution is 2.24. The lowest BCUT2D eigenvalue weighted by Gasteiger charge is -2.32. The van der Waals surface area contributed by atoms with E-state index in [1.54, 1.807) is 24.3 Å². The zero-order valence-corrected chi connectivity index (χ0v) is 24.8. The third kappa shape index (κ3) is 9.26. The summed E-state index contributed by atoms with van der Waals surface area (Å²) in [4.78, 5) is 28.7. The fraction of sp³-hybridized carbons (Fsp3) is 0.333. The van der Waals surface area contributed by atoms with Crippen molar-refractivity contribution in [1.29, 1.82) is 0 Å². The van der Waals surface area contributed by atoms with E-state index in [0.29, 0.717) is 10.6 Å². The van der Waals surface area contributed by atoms with Crippen molar-refractivity contribution < 1.29 is 26.8 Å². The van der Waals surface area contributed by atoms with Gasteiger partial charge in [0.25, 0.3) is 0 Å². The van der Waals surface area contributed by atoms with Gasteiger partial charge in [0.2, 0.25) is 21.8 Å². The van der Waals surface area contributed by atoms with Crippen LogP contribution in [0.1, 0.15) is 37.8 Å². The maximum absolute atomic E-state index is 13.9. The van der Waals surface area contributed by atoms with Crippen LogP contribution in [0.15, 0.2) is 72.8 Å². The van der Waals surface area contributed by atoms with Gasteiger partial charge in [-0.05, 0) is 49.6 Å². The molecule has 3 aromatic carbocycles. The zero-order chi connectivity index (χ0) is 30.2. The van der Waals surface area contributed by atoms with Crippen LogP contribution < -0.4 is 9.62 Å². The minimum atomic E-state index is -3.87. The molecule has 3 rings (SSSR count). The number of carbonyl (C=O) groups excluding carboxylic acids is 2. The first-order valence-electron chi connectivity index (χ1n) is 13.2. The van der Waals surface area contributed by atoms with Gasteiger partial charge in [0, 0.05) is 43.1 Å². The number of sulfonamides is 1. The van der Waals surface area contributed by atoms with E-state index in [0.717, 1.165) is 34.3 Å². The number of nitrogens with zero attached hydrogens (tertiary/aromatic N) is 2. The molecule has 1 atom stereocenters. The van der Waals surface area contributed by atoms with Crippen molar-refractivity contribution in [3.8, 4) is 0 Å². The number of nitrogens with one attached hydrogen (secondary N) is 1. The summed E-state index contributed by atoms with van der Waals surface area (Å²) in [5, 5.41) is 3.34. The normalized spacial score (nSPS) is 12.2. The van der Waals surface area contributed by atoms with Gasteiger partial charge < -0.3 is 10.2 Å². The van der Waals surface area contributed by atoms with Crippen LogP contribution in [0.3, 0.4) is 0 Å². The van der Waals surface area contributed by atoms with Crippen LogP contribution in [0.25, 0.3) is 0 Å². The Morgan fingerprint density at radius 3 is 2.22 bits per heavy atom. The van der Waals surface area contributed by atoms with Crippen LogP contribution in [-0.4, -0.2) is 50.0 Å². The summed E-state index contributed by atoms with van der Waals surface area (Å²) in [6.45, 7) is 3.56. The molecule has 0 aromatic heterocycles. The number of rotatable bonds is 13. The Hall–Kier alpha value is -3.50. The molecule has 0 aliphatic heterocycles. The van der Waals surface area contributed by atoms with E-state index in [-0.39, 0.29) is 55.9 Å². The summed E-state index contributed by atoms with van der Waals surface area (Å²) >= 11 is 6.42. The summed E-state index contributed by atoms with van der Waals surface area (Å²) in [5.41, 5.74) is 1.46. The van der Waals surface area contributed by atoms with E-state index in [2.05, 4.69) is 5.32 Å². The molecule has 1 N–H and O–H groups in total. The fourth-order valence-electron chi connectivity index (χ4n) is 4.39. The molecular formula is C30H34ClF2N3O4S. The molecule has 0 fully saturated rings. The van der Waals surface area contributed by atoms with Gasteiger partial charge in [0.1, 0.15) is 6.04 Å². The van der Waals surface area contributed by atoms with Crippen molar-refractivity contribution in [1.82, 2.24) is 10.2 Å². The van der Waals surface area contributed by atoms with Crippen molar-refractivity contribution >= 4 is 39.1 Å². The van der Waals surface area contributed by atoms with Gasteiger partial charge >= 0.3 is 0 Å². The Morgan fingerprint density at radius 1 is 0.951 bits per heavy atom. The van der Waals surface area contributed by atoms with Gasteiger partial charge in [-0.2, -0.15) is 0 Å². The average molecular weight is 606 g/mol. The molecule has 1 unspecified atom stereocenters. The highest BCUT2D eigenvalue weighted by molar-refractivity contribution is 7.92. The van der Waals surface area contributed by atoms with Crippen LogP contribution in [0.2, 0.25) is 5.02 Å². The van der Waals surface area contributed by atoms with E-state index in [1.165, 1.54) is 4.90 Å². The van der Waals surface area contributed by atoms with Crippen molar-refractivity contribution in [2.45, 2.75) is 51.7 Å². The van der Waals surface area contributed by atoms with Gasteiger partial charge in [-0.3, -0.25) is 13.9 Å². The molecule has 0 spiro atoms. The minimum Gasteiger partial charge on any atom is -0.352 e. The first-order chi connectivity index (χ1) is 19.4. The van der Waals surface area contributed by atoms with Crippen molar-refractivity contribution in [2.75, 3.05) is 17.1 Å². The quantitative estimate of drug-likeness (QED) is 0.285. The summed E-state index contributed by atoms with van der Waals surface area (Å²) in [6.07, 6.45) is 1.15. The lowest BCUT2D eigenvalue weighted by atomic mass is 10.0. The highest BCUT2D eigenvalue weighted by Gasteiger charge is 2.31. The molecule has 7 nitrogen and oxygen atoms in total. The van der Waals surface area contributed by atoms with Crippen LogP contribution in [0.4, 0.5) is 14.5 Å². The number of carbonyl (C=O) groups is 2. The lowest BCUT2D eigenvalue weighted by molar-refractivity contribution is -0.141. The Kier molecular flexibility index (Phi) is 11.3. The van der Waals surface area contributed by atoms with Crippen molar-refractivity contribution in [2.24, 2.45) is 0 Å². The van der Waals surface area contributed by atoms with Crippen molar-refractivity contribution in [3.05, 3.63) is 101 Å². The molecule has 11 heteroatoms. The third-order valence-electron chi connectivity index (χ3n) is 6.34. The van der Waals surface area contributed by atoms with Crippen LogP contribution >= 0.6 is 11.6 Å². The van der Waals surface area contributed by atoms with Crippen LogP contribution in [-0.2, 0) is 32.6 Å². The molecule has 0 bridgehead atoms. The smallest absolute Gasteiger partial charge is 0.243 e. The van der Waals surface area contributed by atoms with Gasteiger partial charge in [-0.1, -0.05) is 60.1 Å². The molecule has 2 amide bonds. The van der Waals surface area contributed by atoms with Crippen molar-refractivity contribution in [3.63, 3.8) is 0 Å². The molecule has 0 aliphatic rings. The average Bonchev–Trinajstić information content (AvgIpc) is 2.90. The molecule has 0 saturated carbocycles. The molecular weight excluding hydrogens is 572 g/mol. The summed E-state index contributed by atoms with van der Waals surface area (Å²) in [6, 6.07) is 18.1. The largest absolute Gasteiger partial charge is 0.352 e. The van der Waals surface area contributed by atoms with Gasteiger partial charge in [0.05, 0.1) is 11.9 Å². The standard InChI is InChI=1S/C30H34ClF2N3O4S/c1-21(2)34-30(38)28(18-22-10-5-4-6-11-22)35(20-23-12-7-8-13-25(23)31)29(37)14-9-17-36(41(3,39)40)24-15-16-26(32)27(33)19-24/h4-8,10-13,15-16,19,21,28H,9,14,17-18,20H2,1-3H3,(H,34,38). The number of halogens is 3. The SMILES string of the molecule is CC(C)NC(=O)C(Cc1ccccc1)N(Cc1ccccc1Cl)C(=O)CCCN(c1ccc(F)c(F)c1)S(C)(=O)=O. The zero-order valence-electron chi connectivity index (χ0n) is 23.2. The second-order valence-corrected chi connectivity index (χ2v) is 12.3. The molecule has 0 aliphatic carbocycles. The Morgan fingerprint density at radius 2 is 1.61 bits per heavy atom. The predicted molar refractivity (Wildman–Crippen MR) is 157 cm³/mol. The molecule has 0 saturated heterocycles.